The van der Waals surface area contributed by atoms with E-state index in [1.54, 1.807) is 13.2 Å². The zero-order chi connectivity index (χ0) is 20.3. The van der Waals surface area contributed by atoms with E-state index in [2.05, 4.69) is 66.0 Å². The van der Waals surface area contributed by atoms with Crippen molar-refractivity contribution in [2.24, 2.45) is 0 Å². The minimum absolute atomic E-state index is 0.230. The van der Waals surface area contributed by atoms with Crippen molar-refractivity contribution in [1.29, 1.82) is 0 Å². The van der Waals surface area contributed by atoms with E-state index < -0.39 is 0 Å². The fourth-order valence-electron chi connectivity index (χ4n) is 3.35. The van der Waals surface area contributed by atoms with Gasteiger partial charge in [0.2, 0.25) is 0 Å². The first-order valence-electron chi connectivity index (χ1n) is 9.42. The number of nitrogens with one attached hydrogen (secondary N) is 1. The Morgan fingerprint density at radius 1 is 1.25 bits per heavy atom. The van der Waals surface area contributed by atoms with E-state index in [9.17, 15) is 0 Å². The van der Waals surface area contributed by atoms with Crippen molar-refractivity contribution in [2.75, 3.05) is 12.4 Å². The average Bonchev–Trinajstić information content (AvgIpc) is 3.04. The molecule has 3 rings (SSSR count). The highest BCUT2D eigenvalue weighted by Gasteiger charge is 2.18. The van der Waals surface area contributed by atoms with Gasteiger partial charge in [-0.2, -0.15) is 0 Å². The van der Waals surface area contributed by atoms with Crippen LogP contribution >= 0.6 is 23.8 Å². The molecule has 0 aliphatic heterocycles. The van der Waals surface area contributed by atoms with E-state index in [-0.39, 0.29) is 6.04 Å². The van der Waals surface area contributed by atoms with E-state index in [1.165, 1.54) is 16.5 Å². The molecule has 1 heterocycles. The Morgan fingerprint density at radius 3 is 2.68 bits per heavy atom. The Morgan fingerprint density at radius 2 is 2.00 bits per heavy atom. The minimum atomic E-state index is 0.230. The summed E-state index contributed by atoms with van der Waals surface area (Å²) < 4.78 is 7.71. The molecule has 0 spiro atoms. The summed E-state index contributed by atoms with van der Waals surface area (Å²) in [5.41, 5.74) is 3.27. The molecule has 0 atom stereocenters. The van der Waals surface area contributed by atoms with Crippen molar-refractivity contribution < 1.29 is 4.74 Å². The highest BCUT2D eigenvalue weighted by atomic mass is 35.5. The van der Waals surface area contributed by atoms with Gasteiger partial charge in [-0.15, -0.1) is 0 Å². The van der Waals surface area contributed by atoms with Crippen molar-refractivity contribution in [1.82, 2.24) is 9.47 Å². The van der Waals surface area contributed by atoms with Crippen LogP contribution in [-0.4, -0.2) is 27.7 Å². The van der Waals surface area contributed by atoms with Crippen LogP contribution in [-0.2, 0) is 13.1 Å². The molecule has 0 aliphatic rings. The summed E-state index contributed by atoms with van der Waals surface area (Å²) in [5.74, 6) is 0.707. The number of fused-ring (bicyclic) bond motifs is 1. The lowest BCUT2D eigenvalue weighted by Crippen LogP contribution is -2.39. The van der Waals surface area contributed by atoms with Crippen LogP contribution < -0.4 is 10.1 Å². The van der Waals surface area contributed by atoms with Crippen LogP contribution in [0.1, 0.15) is 26.3 Å². The molecule has 0 fully saturated rings. The lowest BCUT2D eigenvalue weighted by atomic mass is 10.1. The van der Waals surface area contributed by atoms with Gasteiger partial charge in [0.25, 0.3) is 0 Å². The summed E-state index contributed by atoms with van der Waals surface area (Å²) in [6.07, 6.45) is 2.22. The quantitative estimate of drug-likeness (QED) is 0.505. The topological polar surface area (TPSA) is 29.4 Å². The lowest BCUT2D eigenvalue weighted by molar-refractivity contribution is 0.348. The van der Waals surface area contributed by atoms with Crippen molar-refractivity contribution >= 4 is 45.5 Å². The second kappa shape index (κ2) is 8.84. The molecular weight excluding hydrogens is 390 g/mol. The van der Waals surface area contributed by atoms with Gasteiger partial charge in [-0.25, -0.2) is 0 Å². The number of anilines is 1. The van der Waals surface area contributed by atoms with Gasteiger partial charge in [0.1, 0.15) is 5.75 Å². The van der Waals surface area contributed by atoms with Gasteiger partial charge in [-0.1, -0.05) is 29.8 Å². The molecule has 0 radical (unpaired) electrons. The molecule has 0 amide bonds. The summed E-state index contributed by atoms with van der Waals surface area (Å²) in [7, 11) is 1.64. The lowest BCUT2D eigenvalue weighted by Gasteiger charge is -2.30. The van der Waals surface area contributed by atoms with E-state index in [0.717, 1.165) is 18.8 Å². The first-order valence-corrected chi connectivity index (χ1v) is 10.2. The van der Waals surface area contributed by atoms with Gasteiger partial charge in [-0.05, 0) is 62.8 Å². The fraction of sp³-hybridized carbons (Fsp3) is 0.318. The van der Waals surface area contributed by atoms with Gasteiger partial charge in [0.15, 0.2) is 5.11 Å². The Kier molecular flexibility index (Phi) is 6.47. The number of hydrogen-bond acceptors (Lipinski definition) is 2. The number of ether oxygens (including phenoxy) is 1. The first-order chi connectivity index (χ1) is 13.4. The number of benzene rings is 2. The number of aryl methyl sites for hydroxylation is 1. The van der Waals surface area contributed by atoms with E-state index >= 15 is 0 Å². The first kappa shape index (κ1) is 20.5. The zero-order valence-corrected chi connectivity index (χ0v) is 18.3. The standard InChI is InChI=1S/C22H26ClN3OS/c1-5-25-13-16(18-8-6-7-9-20(18)25)14-26(15(2)3)22(28)24-19-12-17(23)10-11-21(19)27-4/h6-13,15H,5,14H2,1-4H3,(H,24,28). The largest absolute Gasteiger partial charge is 0.495 e. The van der Waals surface area contributed by atoms with Crippen molar-refractivity contribution in [2.45, 2.75) is 39.9 Å². The number of methoxy groups -OCH3 is 1. The summed E-state index contributed by atoms with van der Waals surface area (Å²) in [6.45, 7) is 8.10. The third-order valence-electron chi connectivity index (χ3n) is 4.84. The molecule has 1 aromatic heterocycles. The molecule has 6 heteroatoms. The molecule has 4 nitrogen and oxygen atoms in total. The molecular formula is C22H26ClN3OS. The van der Waals surface area contributed by atoms with Crippen LogP contribution in [0.4, 0.5) is 5.69 Å². The maximum atomic E-state index is 6.16. The monoisotopic (exact) mass is 415 g/mol. The van der Waals surface area contributed by atoms with Crippen LogP contribution in [0.2, 0.25) is 5.02 Å². The zero-order valence-electron chi connectivity index (χ0n) is 16.7. The minimum Gasteiger partial charge on any atom is -0.495 e. The normalized spacial score (nSPS) is 11.1. The van der Waals surface area contributed by atoms with Gasteiger partial charge >= 0.3 is 0 Å². The fourth-order valence-corrected chi connectivity index (χ4v) is 3.91. The van der Waals surface area contributed by atoms with Crippen LogP contribution in [0.5, 0.6) is 5.75 Å². The second-order valence-electron chi connectivity index (χ2n) is 6.95. The number of hydrogen-bond donors (Lipinski definition) is 1. The Hall–Kier alpha value is -2.24. The number of nitrogens with zero attached hydrogens (tertiary/aromatic N) is 2. The molecule has 28 heavy (non-hydrogen) atoms. The maximum absolute atomic E-state index is 6.16. The van der Waals surface area contributed by atoms with Crippen LogP contribution in [0.3, 0.4) is 0 Å². The van der Waals surface area contributed by atoms with Crippen LogP contribution in [0.15, 0.2) is 48.7 Å². The van der Waals surface area contributed by atoms with Crippen LogP contribution in [0, 0.1) is 0 Å². The Bertz CT molecular complexity index is 983. The molecule has 148 valence electrons. The smallest absolute Gasteiger partial charge is 0.174 e. The average molecular weight is 416 g/mol. The number of thiocarbonyl (C=S) groups is 1. The molecule has 0 aliphatic carbocycles. The molecule has 0 saturated heterocycles. The van der Waals surface area contributed by atoms with Gasteiger partial charge in [0, 0.05) is 41.3 Å². The van der Waals surface area contributed by atoms with Gasteiger partial charge in [0.05, 0.1) is 12.8 Å². The molecule has 0 bridgehead atoms. The van der Waals surface area contributed by atoms with Gasteiger partial charge in [-0.3, -0.25) is 0 Å². The third-order valence-corrected chi connectivity index (χ3v) is 5.41. The summed E-state index contributed by atoms with van der Waals surface area (Å²) in [4.78, 5) is 2.18. The predicted molar refractivity (Wildman–Crippen MR) is 123 cm³/mol. The summed E-state index contributed by atoms with van der Waals surface area (Å²) in [6, 6.07) is 14.2. The molecule has 2 aromatic carbocycles. The van der Waals surface area contributed by atoms with Crippen molar-refractivity contribution in [3.8, 4) is 5.75 Å². The molecule has 3 aromatic rings. The Labute approximate surface area is 177 Å². The summed E-state index contributed by atoms with van der Waals surface area (Å²) in [5, 5.41) is 5.85. The number of rotatable bonds is 6. The highest BCUT2D eigenvalue weighted by Crippen LogP contribution is 2.29. The SMILES string of the molecule is CCn1cc(CN(C(=S)Nc2cc(Cl)ccc2OC)C(C)C)c2ccccc21. The van der Waals surface area contributed by atoms with Gasteiger partial charge < -0.3 is 19.5 Å². The number of aromatic nitrogens is 1. The maximum Gasteiger partial charge on any atom is 0.174 e. The number of para-hydroxylation sites is 1. The highest BCUT2D eigenvalue weighted by molar-refractivity contribution is 7.80. The summed E-state index contributed by atoms with van der Waals surface area (Å²) >= 11 is 11.9. The molecule has 0 saturated carbocycles. The van der Waals surface area contributed by atoms with Crippen molar-refractivity contribution in [3.05, 3.63) is 59.2 Å². The predicted octanol–water partition coefficient (Wildman–Crippen LogP) is 5.93. The molecule has 1 N–H and O–H groups in total. The van der Waals surface area contributed by atoms with Crippen LogP contribution in [0.25, 0.3) is 10.9 Å². The second-order valence-corrected chi connectivity index (χ2v) is 7.78. The van der Waals surface area contributed by atoms with Crippen molar-refractivity contribution in [3.63, 3.8) is 0 Å². The Balaban J connectivity index is 1.89. The molecule has 0 unspecified atom stereocenters. The van der Waals surface area contributed by atoms with E-state index in [1.807, 2.05) is 12.1 Å². The van der Waals surface area contributed by atoms with E-state index in [0.29, 0.717) is 15.9 Å². The number of halogens is 1. The van der Waals surface area contributed by atoms with E-state index in [4.69, 9.17) is 28.6 Å². The third kappa shape index (κ3) is 4.26.